The fraction of sp³-hybridized carbons (Fsp3) is 0.923. The number of carbonyl (C=O) groups is 2. The quantitative estimate of drug-likeness (QED) is 0.147. The van der Waals surface area contributed by atoms with Gasteiger partial charge in [-0.2, -0.15) is 0 Å². The molecule has 0 spiro atoms. The maximum atomic E-state index is 12.7. The maximum absolute atomic E-state index is 12.7. The molecule has 0 heterocycles. The Balaban J connectivity index is 4.44. The molecule has 0 saturated carbocycles. The van der Waals surface area contributed by atoms with Crippen LogP contribution in [0.3, 0.4) is 0 Å². The summed E-state index contributed by atoms with van der Waals surface area (Å²) in [5.41, 5.74) is 0. The molecule has 0 radical (unpaired) electrons. The molecule has 0 fully saturated rings. The molecule has 0 saturated heterocycles. The third-order valence-electron chi connectivity index (χ3n) is 5.92. The molecule has 0 aliphatic carbocycles. The van der Waals surface area contributed by atoms with E-state index in [2.05, 4.69) is 5.32 Å². The first-order valence-corrected chi connectivity index (χ1v) is 13.3. The van der Waals surface area contributed by atoms with E-state index in [1.54, 1.807) is 27.7 Å². The molecule has 0 aromatic heterocycles. The first kappa shape index (κ1) is 33.9. The molecule has 1 amide bonds. The van der Waals surface area contributed by atoms with Crippen LogP contribution in [0.2, 0.25) is 0 Å². The number of rotatable bonds is 21. The lowest BCUT2D eigenvalue weighted by Gasteiger charge is -2.25. The number of Topliss-reactive ketones (excluding diaryl/α,β-unsaturated/α-hetero) is 1. The molecule has 0 aliphatic rings. The van der Waals surface area contributed by atoms with Crippen LogP contribution in [-0.2, 0) is 9.59 Å². The van der Waals surface area contributed by atoms with Gasteiger partial charge in [-0.05, 0) is 79.8 Å². The van der Waals surface area contributed by atoms with Gasteiger partial charge in [0.05, 0.1) is 30.5 Å². The fourth-order valence-electron chi connectivity index (χ4n) is 4.30. The number of carbonyl (C=O) groups excluding carboxylic acids is 2. The number of amides is 1. The van der Waals surface area contributed by atoms with Crippen LogP contribution >= 0.6 is 0 Å². The van der Waals surface area contributed by atoms with Gasteiger partial charge in [0, 0.05) is 32.1 Å². The van der Waals surface area contributed by atoms with Gasteiger partial charge in [0.15, 0.2) is 5.78 Å². The molecule has 0 aromatic rings. The van der Waals surface area contributed by atoms with Gasteiger partial charge in [0.25, 0.3) is 0 Å². The zero-order valence-electron chi connectivity index (χ0n) is 22.9. The largest absolute Gasteiger partial charge is 0.392 e. The summed E-state index contributed by atoms with van der Waals surface area (Å²) in [6, 6.07) is -0.500. The first-order valence-electron chi connectivity index (χ1n) is 13.3. The second kappa shape index (κ2) is 19.1. The van der Waals surface area contributed by atoms with Crippen LogP contribution in [0.4, 0.5) is 0 Å². The van der Waals surface area contributed by atoms with Crippen molar-refractivity contribution in [3.63, 3.8) is 0 Å². The summed E-state index contributed by atoms with van der Waals surface area (Å²) in [6.07, 6.45) is 2.70. The Kier molecular flexibility index (Phi) is 18.5. The Morgan fingerprint density at radius 2 is 1.03 bits per heavy atom. The van der Waals surface area contributed by atoms with Gasteiger partial charge in [-0.1, -0.05) is 13.3 Å². The fourth-order valence-corrected chi connectivity index (χ4v) is 4.30. The van der Waals surface area contributed by atoms with Crippen LogP contribution in [0.1, 0.15) is 80.1 Å². The van der Waals surface area contributed by atoms with Crippen molar-refractivity contribution < 1.29 is 30.0 Å². The Hall–Kier alpha value is -1.10. The Morgan fingerprint density at radius 3 is 1.37 bits per heavy atom. The van der Waals surface area contributed by atoms with Crippen LogP contribution in [0.15, 0.2) is 0 Å². The zero-order chi connectivity index (χ0) is 27.0. The molecule has 0 unspecified atom stereocenters. The number of hydrogen-bond acceptors (Lipinski definition) is 8. The lowest BCUT2D eigenvalue weighted by atomic mass is 10.0. The minimum absolute atomic E-state index is 0.0535. The molecule has 9 heteroatoms. The lowest BCUT2D eigenvalue weighted by Crippen LogP contribution is -2.42. The molecule has 35 heavy (non-hydrogen) atoms. The number of hydrogen-bond donors (Lipinski definition) is 5. The smallest absolute Gasteiger partial charge is 0.223 e. The SMILES string of the molecule is CC(=O)[C@@H](CCCCN(C[C@H](C)O)C[C@H](C)O)NC(=O)[C@H](C)CCCCN(C[C@H](C)O)C[C@H](C)O. The van der Waals surface area contributed by atoms with Crippen molar-refractivity contribution in [1.82, 2.24) is 15.1 Å². The summed E-state index contributed by atoms with van der Waals surface area (Å²) in [6.45, 7) is 13.7. The number of unbranched alkanes of at least 4 members (excludes halogenated alkanes) is 2. The highest BCUT2D eigenvalue weighted by atomic mass is 16.3. The highest BCUT2D eigenvalue weighted by molar-refractivity contribution is 5.88. The van der Waals surface area contributed by atoms with E-state index in [4.69, 9.17) is 0 Å². The van der Waals surface area contributed by atoms with Gasteiger partial charge in [-0.25, -0.2) is 0 Å². The van der Waals surface area contributed by atoms with Gasteiger partial charge in [0.1, 0.15) is 0 Å². The molecule has 0 bridgehead atoms. The summed E-state index contributed by atoms with van der Waals surface area (Å²) < 4.78 is 0. The minimum atomic E-state index is -0.500. The normalized spacial score (nSPS) is 17.1. The molecule has 0 aliphatic heterocycles. The Bertz CT molecular complexity index is 551. The van der Waals surface area contributed by atoms with Gasteiger partial charge >= 0.3 is 0 Å². The van der Waals surface area contributed by atoms with E-state index in [9.17, 15) is 30.0 Å². The summed E-state index contributed by atoms with van der Waals surface area (Å²) in [5.74, 6) is -0.367. The number of aliphatic hydroxyl groups excluding tert-OH is 4. The van der Waals surface area contributed by atoms with Crippen molar-refractivity contribution >= 4 is 11.7 Å². The van der Waals surface area contributed by atoms with Crippen LogP contribution in [0.5, 0.6) is 0 Å². The lowest BCUT2D eigenvalue weighted by molar-refractivity contribution is -0.129. The van der Waals surface area contributed by atoms with Gasteiger partial charge in [-0.15, -0.1) is 0 Å². The summed E-state index contributed by atoms with van der Waals surface area (Å²) in [4.78, 5) is 28.8. The minimum Gasteiger partial charge on any atom is -0.392 e. The third-order valence-corrected chi connectivity index (χ3v) is 5.92. The summed E-state index contributed by atoms with van der Waals surface area (Å²) in [5, 5.41) is 41.4. The molecule has 9 nitrogen and oxygen atoms in total. The second-order valence-electron chi connectivity index (χ2n) is 10.5. The van der Waals surface area contributed by atoms with E-state index < -0.39 is 30.5 Å². The molecule has 0 aromatic carbocycles. The monoisotopic (exact) mass is 503 g/mol. The van der Waals surface area contributed by atoms with Gasteiger partial charge in [-0.3, -0.25) is 19.4 Å². The number of nitrogens with zero attached hydrogens (tertiary/aromatic N) is 2. The third kappa shape index (κ3) is 18.8. The number of ketones is 1. The van der Waals surface area contributed by atoms with Crippen molar-refractivity contribution in [3.05, 3.63) is 0 Å². The highest BCUT2D eigenvalue weighted by Crippen LogP contribution is 2.12. The van der Waals surface area contributed by atoms with Crippen LogP contribution in [-0.4, -0.2) is 112 Å². The standard InChI is InChI=1S/C26H53N3O6/c1-19(11-7-9-13-28(15-20(2)30)16-21(3)31)26(35)27-25(24(6)34)12-8-10-14-29(17-22(4)32)18-23(5)33/h19-23,25,30-33H,7-18H2,1-6H3,(H,27,35)/t19-,20+,21+,22+,23+,25-/m1/s1. The van der Waals surface area contributed by atoms with E-state index in [0.717, 1.165) is 32.2 Å². The molecule has 0 rings (SSSR count). The van der Waals surface area contributed by atoms with E-state index >= 15 is 0 Å². The topological polar surface area (TPSA) is 134 Å². The van der Waals surface area contributed by atoms with Gasteiger partial charge in [0.2, 0.25) is 5.91 Å². The van der Waals surface area contributed by atoms with Crippen LogP contribution in [0, 0.1) is 5.92 Å². The van der Waals surface area contributed by atoms with E-state index in [1.165, 1.54) is 6.92 Å². The average Bonchev–Trinajstić information content (AvgIpc) is 2.70. The molecule has 5 N–H and O–H groups in total. The van der Waals surface area contributed by atoms with Crippen LogP contribution in [0.25, 0.3) is 0 Å². The number of nitrogens with one attached hydrogen (secondary N) is 1. The van der Waals surface area contributed by atoms with Crippen molar-refractivity contribution in [2.45, 2.75) is 111 Å². The van der Waals surface area contributed by atoms with Crippen molar-refractivity contribution in [1.29, 1.82) is 0 Å². The van der Waals surface area contributed by atoms with Crippen molar-refractivity contribution in [3.8, 4) is 0 Å². The summed E-state index contributed by atoms with van der Waals surface area (Å²) >= 11 is 0. The predicted molar refractivity (Wildman–Crippen MR) is 139 cm³/mol. The van der Waals surface area contributed by atoms with Crippen molar-refractivity contribution in [2.75, 3.05) is 39.3 Å². The zero-order valence-corrected chi connectivity index (χ0v) is 22.9. The van der Waals surface area contributed by atoms with E-state index in [1.807, 2.05) is 16.7 Å². The molecular formula is C26H53N3O6. The first-order chi connectivity index (χ1) is 16.3. The Labute approximate surface area is 212 Å². The predicted octanol–water partition coefficient (Wildman–Crippen LogP) is 1.16. The average molecular weight is 504 g/mol. The Morgan fingerprint density at radius 1 is 0.657 bits per heavy atom. The van der Waals surface area contributed by atoms with E-state index in [-0.39, 0.29) is 17.6 Å². The maximum Gasteiger partial charge on any atom is 0.223 e. The van der Waals surface area contributed by atoms with Crippen LogP contribution < -0.4 is 5.32 Å². The van der Waals surface area contributed by atoms with Gasteiger partial charge < -0.3 is 25.7 Å². The van der Waals surface area contributed by atoms with E-state index in [0.29, 0.717) is 45.6 Å². The summed E-state index contributed by atoms with van der Waals surface area (Å²) in [7, 11) is 0. The molecular weight excluding hydrogens is 450 g/mol. The second-order valence-corrected chi connectivity index (χ2v) is 10.5. The molecule has 208 valence electrons. The number of aliphatic hydroxyl groups is 4. The van der Waals surface area contributed by atoms with Crippen molar-refractivity contribution in [2.24, 2.45) is 5.92 Å². The highest BCUT2D eigenvalue weighted by Gasteiger charge is 2.21. The molecule has 6 atom stereocenters.